The third kappa shape index (κ3) is 8.92. The first kappa shape index (κ1) is 33.7. The summed E-state index contributed by atoms with van der Waals surface area (Å²) in [6, 6.07) is 16.9. The zero-order valence-corrected chi connectivity index (χ0v) is 25.2. The Bertz CT molecular complexity index is 1530. The zero-order chi connectivity index (χ0) is 32.6. The van der Waals surface area contributed by atoms with Crippen LogP contribution in [0.1, 0.15) is 59.2 Å². The molecule has 0 saturated carbocycles. The summed E-state index contributed by atoms with van der Waals surface area (Å²) in [5, 5.41) is 4.72. The van der Waals surface area contributed by atoms with Crippen molar-refractivity contribution in [3.63, 3.8) is 0 Å². The molecule has 1 aliphatic heterocycles. The van der Waals surface area contributed by atoms with Crippen LogP contribution < -0.4 is 16.4 Å². The van der Waals surface area contributed by atoms with Gasteiger partial charge in [0.05, 0.1) is 10.6 Å². The molecule has 0 saturated heterocycles. The van der Waals surface area contributed by atoms with Gasteiger partial charge in [0.15, 0.2) is 5.78 Å². The minimum atomic E-state index is -4.66. The number of nitrogens with zero attached hydrogens (tertiary/aromatic N) is 1. The summed E-state index contributed by atoms with van der Waals surface area (Å²) in [7, 11) is 0. The molecule has 45 heavy (non-hydrogen) atoms. The van der Waals surface area contributed by atoms with Crippen LogP contribution in [-0.4, -0.2) is 47.0 Å². The fourth-order valence-electron chi connectivity index (χ4n) is 5.23. The molecule has 0 aliphatic carbocycles. The van der Waals surface area contributed by atoms with Gasteiger partial charge in [-0.3, -0.25) is 19.2 Å². The van der Waals surface area contributed by atoms with Crippen molar-refractivity contribution in [3.8, 4) is 0 Å². The summed E-state index contributed by atoms with van der Waals surface area (Å²) in [6.45, 7) is 0.515. The lowest BCUT2D eigenvalue weighted by molar-refractivity contribution is -0.142. The number of hydrogen-bond donors (Lipinski definition) is 3. The third-order valence-electron chi connectivity index (χ3n) is 7.66. The molecule has 3 aromatic carbocycles. The molecule has 0 aromatic heterocycles. The van der Waals surface area contributed by atoms with E-state index in [2.05, 4.69) is 10.6 Å². The number of hydrogen-bond acceptors (Lipinski definition) is 5. The molecular formula is C33H34ClF3N4O4. The summed E-state index contributed by atoms with van der Waals surface area (Å²) in [4.78, 5) is 54.6. The number of carbonyl (C=O) groups is 4. The molecule has 2 atom stereocenters. The number of carbonyl (C=O) groups excluding carboxylic acids is 4. The lowest BCUT2D eigenvalue weighted by atomic mass is 9.92. The minimum absolute atomic E-state index is 0.0301. The Hall–Kier alpha value is -4.22. The average molecular weight is 643 g/mol. The van der Waals surface area contributed by atoms with E-state index in [1.54, 1.807) is 30.3 Å². The monoisotopic (exact) mass is 642 g/mol. The Morgan fingerprint density at radius 3 is 2.29 bits per heavy atom. The van der Waals surface area contributed by atoms with Gasteiger partial charge in [0.2, 0.25) is 17.7 Å². The lowest BCUT2D eigenvalue weighted by Gasteiger charge is -2.37. The number of unbranched alkanes of at least 4 members (excludes halogenated alkanes) is 1. The molecular weight excluding hydrogens is 609 g/mol. The number of rotatable bonds is 12. The Balaban J connectivity index is 1.51. The summed E-state index contributed by atoms with van der Waals surface area (Å²) < 4.78 is 39.4. The number of fused-ring (bicyclic) bond motifs is 1. The van der Waals surface area contributed by atoms with Crippen molar-refractivity contribution in [2.45, 2.75) is 63.3 Å². The van der Waals surface area contributed by atoms with Gasteiger partial charge >= 0.3 is 6.18 Å². The second-order valence-electron chi connectivity index (χ2n) is 10.8. The van der Waals surface area contributed by atoms with Gasteiger partial charge < -0.3 is 21.3 Å². The Kier molecular flexibility index (Phi) is 11.4. The van der Waals surface area contributed by atoms with Crippen LogP contribution in [-0.2, 0) is 33.5 Å². The maximum absolute atomic E-state index is 13.8. The Labute approximate surface area is 264 Å². The molecule has 0 fully saturated rings. The molecule has 4 N–H and O–H groups in total. The predicted octanol–water partition coefficient (Wildman–Crippen LogP) is 5.53. The summed E-state index contributed by atoms with van der Waals surface area (Å²) in [6.07, 6.45) is -3.33. The van der Waals surface area contributed by atoms with Gasteiger partial charge in [-0.2, -0.15) is 13.2 Å². The molecule has 3 amide bonds. The number of ketones is 1. The van der Waals surface area contributed by atoms with Crippen molar-refractivity contribution in [1.82, 2.24) is 10.2 Å². The highest BCUT2D eigenvalue weighted by atomic mass is 35.5. The topological polar surface area (TPSA) is 122 Å². The molecule has 12 heteroatoms. The number of nitrogens with one attached hydrogen (secondary N) is 2. The van der Waals surface area contributed by atoms with Crippen LogP contribution in [0.2, 0.25) is 5.02 Å². The fraction of sp³-hybridized carbons (Fsp3) is 0.333. The third-order valence-corrected chi connectivity index (χ3v) is 7.97. The predicted molar refractivity (Wildman–Crippen MR) is 164 cm³/mol. The van der Waals surface area contributed by atoms with E-state index in [0.717, 1.165) is 29.3 Å². The highest BCUT2D eigenvalue weighted by molar-refractivity contribution is 6.31. The van der Waals surface area contributed by atoms with Crippen molar-refractivity contribution < 1.29 is 32.3 Å². The molecule has 1 heterocycles. The lowest BCUT2D eigenvalue weighted by Crippen LogP contribution is -2.56. The molecule has 1 aliphatic rings. The van der Waals surface area contributed by atoms with Gasteiger partial charge in [0, 0.05) is 37.1 Å². The highest BCUT2D eigenvalue weighted by Gasteiger charge is 2.37. The molecule has 0 unspecified atom stereocenters. The highest BCUT2D eigenvalue weighted by Crippen LogP contribution is 2.36. The molecule has 0 radical (unpaired) electrons. The minimum Gasteiger partial charge on any atom is -0.342 e. The van der Waals surface area contributed by atoms with Crippen molar-refractivity contribution >= 4 is 40.8 Å². The molecule has 0 bridgehead atoms. The number of nitrogens with two attached hydrogens (primary N) is 1. The quantitative estimate of drug-likeness (QED) is 0.177. The van der Waals surface area contributed by atoms with Crippen LogP contribution >= 0.6 is 11.6 Å². The SMILES string of the molecule is NCCCC[C@H](NC(=O)[C@@H]1Cc2ccccc2CN1C(=O)CCC(=O)c1ccccc1)C(=O)Nc1ccc(C(F)(F)F)c(Cl)c1. The largest absolute Gasteiger partial charge is 0.417 e. The van der Waals surface area contributed by atoms with Crippen LogP contribution in [0.4, 0.5) is 18.9 Å². The van der Waals surface area contributed by atoms with Gasteiger partial charge in [0.1, 0.15) is 12.1 Å². The van der Waals surface area contributed by atoms with Gasteiger partial charge in [-0.15, -0.1) is 0 Å². The molecule has 3 aromatic rings. The second kappa shape index (κ2) is 15.2. The van der Waals surface area contributed by atoms with Crippen LogP contribution in [0.25, 0.3) is 0 Å². The summed E-state index contributed by atoms with van der Waals surface area (Å²) >= 11 is 5.82. The van der Waals surface area contributed by atoms with Crippen molar-refractivity contribution in [2.75, 3.05) is 11.9 Å². The van der Waals surface area contributed by atoms with E-state index in [4.69, 9.17) is 17.3 Å². The molecule has 238 valence electrons. The number of Topliss-reactive ketones (excluding diaryl/α,β-unsaturated/α-hetero) is 1. The summed E-state index contributed by atoms with van der Waals surface area (Å²) in [5.41, 5.74) is 6.86. The van der Waals surface area contributed by atoms with Gasteiger partial charge in [-0.25, -0.2) is 0 Å². The van der Waals surface area contributed by atoms with E-state index >= 15 is 0 Å². The first-order valence-electron chi connectivity index (χ1n) is 14.6. The first-order valence-corrected chi connectivity index (χ1v) is 15.0. The number of halogens is 4. The van der Waals surface area contributed by atoms with Crippen molar-refractivity contribution in [1.29, 1.82) is 0 Å². The van der Waals surface area contributed by atoms with E-state index < -0.39 is 40.7 Å². The smallest absolute Gasteiger partial charge is 0.342 e. The maximum atomic E-state index is 13.8. The van der Waals surface area contributed by atoms with Gasteiger partial charge in [0.25, 0.3) is 0 Å². The van der Waals surface area contributed by atoms with E-state index in [1.807, 2.05) is 24.3 Å². The zero-order valence-electron chi connectivity index (χ0n) is 24.4. The van der Waals surface area contributed by atoms with Crippen LogP contribution in [0.5, 0.6) is 0 Å². The Morgan fingerprint density at radius 2 is 1.62 bits per heavy atom. The van der Waals surface area contributed by atoms with Crippen LogP contribution in [0.15, 0.2) is 72.8 Å². The van der Waals surface area contributed by atoms with Crippen LogP contribution in [0.3, 0.4) is 0 Å². The standard InChI is InChI=1S/C33H34ClF3N4O4/c34-26-19-24(13-14-25(26)33(35,36)37)39-31(44)27(12-6-7-17-38)40-32(45)28-18-22-10-4-5-11-23(22)20-41(28)30(43)16-15-29(42)21-8-2-1-3-9-21/h1-5,8-11,13-14,19,27-28H,6-7,12,15-18,20,38H2,(H,39,44)(H,40,45)/t27-,28-/m0/s1. The molecule has 0 spiro atoms. The number of amides is 3. The van der Waals surface area contributed by atoms with E-state index in [-0.39, 0.29) is 49.6 Å². The first-order chi connectivity index (χ1) is 21.5. The van der Waals surface area contributed by atoms with E-state index in [1.165, 1.54) is 4.90 Å². The van der Waals surface area contributed by atoms with Crippen molar-refractivity contribution in [3.05, 3.63) is 100 Å². The van der Waals surface area contributed by atoms with E-state index in [0.29, 0.717) is 24.9 Å². The second-order valence-corrected chi connectivity index (χ2v) is 11.2. The van der Waals surface area contributed by atoms with E-state index in [9.17, 15) is 32.3 Å². The van der Waals surface area contributed by atoms with Crippen LogP contribution in [0, 0.1) is 0 Å². The maximum Gasteiger partial charge on any atom is 0.417 e. The van der Waals surface area contributed by atoms with Gasteiger partial charge in [-0.1, -0.05) is 66.2 Å². The fourth-order valence-corrected chi connectivity index (χ4v) is 5.52. The summed E-state index contributed by atoms with van der Waals surface area (Å²) in [5.74, 6) is -1.79. The molecule has 8 nitrogen and oxygen atoms in total. The number of benzene rings is 3. The number of alkyl halides is 3. The van der Waals surface area contributed by atoms with Gasteiger partial charge in [-0.05, 0) is 55.1 Å². The normalized spacial score (nSPS) is 15.1. The number of anilines is 1. The Morgan fingerprint density at radius 1 is 0.933 bits per heavy atom. The van der Waals surface area contributed by atoms with Crippen molar-refractivity contribution in [2.24, 2.45) is 5.73 Å². The molecule has 4 rings (SSSR count). The average Bonchev–Trinajstić information content (AvgIpc) is 3.02.